The zero-order valence-electron chi connectivity index (χ0n) is 20.8. The molecule has 200 valence electrons. The summed E-state index contributed by atoms with van der Waals surface area (Å²) in [5, 5.41) is 3.82. The lowest BCUT2D eigenvalue weighted by Crippen LogP contribution is -2.42. The summed E-state index contributed by atoms with van der Waals surface area (Å²) in [5.74, 6) is -0.688. The van der Waals surface area contributed by atoms with Gasteiger partial charge in [-0.2, -0.15) is 17.5 Å². The van der Waals surface area contributed by atoms with Gasteiger partial charge in [-0.1, -0.05) is 52.6 Å². The van der Waals surface area contributed by atoms with Crippen LogP contribution in [0.15, 0.2) is 69.0 Å². The first-order valence-corrected chi connectivity index (χ1v) is 14.0. The minimum Gasteiger partial charge on any atom is -0.374 e. The lowest BCUT2D eigenvalue weighted by molar-refractivity contribution is -0.275. The van der Waals surface area contributed by atoms with Crippen molar-refractivity contribution in [2.45, 2.75) is 43.9 Å². The van der Waals surface area contributed by atoms with Gasteiger partial charge in [0.15, 0.2) is 0 Å². The fourth-order valence-corrected chi connectivity index (χ4v) is 6.94. The molecule has 3 aromatic carbocycles. The molecule has 0 bridgehead atoms. The number of carbonyl (C=O) groups excluding carboxylic acids is 1. The molecule has 0 aromatic heterocycles. The number of alkyl halides is 3. The maximum atomic E-state index is 14.3. The Morgan fingerprint density at radius 1 is 1.00 bits per heavy atom. The summed E-state index contributed by atoms with van der Waals surface area (Å²) in [5.41, 5.74) is -0.536. The predicted octanol–water partition coefficient (Wildman–Crippen LogP) is 7.80. The summed E-state index contributed by atoms with van der Waals surface area (Å²) < 4.78 is 60.3. The Bertz CT molecular complexity index is 1570. The molecular weight excluding hydrogens is 560 g/mol. The topological polar surface area (TPSA) is 68.1 Å². The number of rotatable bonds is 4. The second kappa shape index (κ2) is 10.0. The zero-order chi connectivity index (χ0) is 28.0. The average Bonchev–Trinajstić information content (AvgIpc) is 3.25. The third-order valence-electron chi connectivity index (χ3n) is 6.35. The SMILES string of the molecule is Cc1cc(C2=NOC(c3cc(Cl)cc(Cl)c3)(C(F)(F)F)C2)ccc1C(=O)N=S(C)(=O)c1c(C)cccc1C. The van der Waals surface area contributed by atoms with Crippen molar-refractivity contribution in [3.05, 3.63) is 98.0 Å². The van der Waals surface area contributed by atoms with Crippen LogP contribution in [0.3, 0.4) is 0 Å². The number of oxime groups is 1. The van der Waals surface area contributed by atoms with Gasteiger partial charge >= 0.3 is 6.18 Å². The standard InChI is InChI=1S/C27H23Cl2F3N2O3S/c1-15-6-5-7-16(2)24(15)38(4,36)34-25(35)22-9-8-18(10-17(22)3)23-14-26(37-33-23,27(30,31)32)19-11-20(28)13-21(29)12-19/h5-13H,14H2,1-4H3. The molecule has 4 rings (SSSR count). The molecule has 0 saturated heterocycles. The van der Waals surface area contributed by atoms with Crippen LogP contribution >= 0.6 is 23.2 Å². The molecule has 0 N–H and O–H groups in total. The van der Waals surface area contributed by atoms with Crippen LogP contribution in [0.25, 0.3) is 0 Å². The third kappa shape index (κ3) is 5.19. The first-order valence-electron chi connectivity index (χ1n) is 11.4. The van der Waals surface area contributed by atoms with E-state index in [1.807, 2.05) is 6.07 Å². The molecule has 0 radical (unpaired) electrons. The van der Waals surface area contributed by atoms with Gasteiger partial charge < -0.3 is 4.84 Å². The van der Waals surface area contributed by atoms with Crippen molar-refractivity contribution >= 4 is 44.5 Å². The van der Waals surface area contributed by atoms with E-state index in [1.54, 1.807) is 32.9 Å². The number of hydrogen-bond donors (Lipinski definition) is 0. The minimum absolute atomic E-state index is 0.0315. The first-order chi connectivity index (χ1) is 17.6. The van der Waals surface area contributed by atoms with E-state index < -0.39 is 33.8 Å². The summed E-state index contributed by atoms with van der Waals surface area (Å²) in [6.45, 7) is 5.22. The molecule has 1 amide bonds. The van der Waals surface area contributed by atoms with Crippen LogP contribution in [-0.2, 0) is 20.2 Å². The Labute approximate surface area is 228 Å². The van der Waals surface area contributed by atoms with Gasteiger partial charge in [0, 0.05) is 33.8 Å². The molecule has 5 nitrogen and oxygen atoms in total. The molecule has 0 fully saturated rings. The number of amides is 1. The molecule has 1 heterocycles. The monoisotopic (exact) mass is 582 g/mol. The lowest BCUT2D eigenvalue weighted by atomic mass is 9.86. The molecule has 2 atom stereocenters. The van der Waals surface area contributed by atoms with E-state index in [2.05, 4.69) is 9.52 Å². The molecule has 11 heteroatoms. The van der Waals surface area contributed by atoms with Gasteiger partial charge in [0.2, 0.25) is 0 Å². The van der Waals surface area contributed by atoms with Crippen LogP contribution in [0.5, 0.6) is 0 Å². The molecule has 38 heavy (non-hydrogen) atoms. The Balaban J connectivity index is 1.67. The molecule has 0 aliphatic carbocycles. The van der Waals surface area contributed by atoms with Gasteiger partial charge in [0.1, 0.15) is 0 Å². The second-order valence-electron chi connectivity index (χ2n) is 9.24. The summed E-state index contributed by atoms with van der Waals surface area (Å²) in [6.07, 6.45) is -4.04. The van der Waals surface area contributed by atoms with Crippen molar-refractivity contribution in [1.82, 2.24) is 0 Å². The van der Waals surface area contributed by atoms with Gasteiger partial charge in [-0.05, 0) is 73.4 Å². The highest BCUT2D eigenvalue weighted by atomic mass is 35.5. The normalized spacial score (nSPS) is 18.9. The lowest BCUT2D eigenvalue weighted by Gasteiger charge is -2.29. The van der Waals surface area contributed by atoms with E-state index in [-0.39, 0.29) is 26.9 Å². The molecule has 0 saturated carbocycles. The van der Waals surface area contributed by atoms with Crippen molar-refractivity contribution in [3.63, 3.8) is 0 Å². The Morgan fingerprint density at radius 2 is 1.61 bits per heavy atom. The Morgan fingerprint density at radius 3 is 2.16 bits per heavy atom. The number of halogens is 5. The number of nitrogens with zero attached hydrogens (tertiary/aromatic N) is 2. The first kappa shape index (κ1) is 28.1. The van der Waals surface area contributed by atoms with E-state index in [1.165, 1.54) is 30.5 Å². The van der Waals surface area contributed by atoms with E-state index in [4.69, 9.17) is 28.0 Å². The summed E-state index contributed by atoms with van der Waals surface area (Å²) in [7, 11) is -3.05. The molecule has 0 spiro atoms. The van der Waals surface area contributed by atoms with Crippen molar-refractivity contribution in [3.8, 4) is 0 Å². The van der Waals surface area contributed by atoms with Gasteiger partial charge in [0.25, 0.3) is 11.5 Å². The second-order valence-corrected chi connectivity index (χ2v) is 12.3. The number of hydrogen-bond acceptors (Lipinski definition) is 4. The van der Waals surface area contributed by atoms with Gasteiger partial charge in [-0.25, -0.2) is 4.21 Å². The largest absolute Gasteiger partial charge is 0.435 e. The summed E-state index contributed by atoms with van der Waals surface area (Å²) in [6, 6.07) is 13.5. The fourth-order valence-electron chi connectivity index (χ4n) is 4.58. The number of benzene rings is 3. The van der Waals surface area contributed by atoms with Crippen LogP contribution in [0.4, 0.5) is 13.2 Å². The number of carbonyl (C=O) groups is 1. The van der Waals surface area contributed by atoms with E-state index in [9.17, 15) is 22.2 Å². The Hall–Kier alpha value is -2.88. The van der Waals surface area contributed by atoms with Crippen LogP contribution in [0.1, 0.15) is 44.6 Å². The van der Waals surface area contributed by atoms with Crippen molar-refractivity contribution in [1.29, 1.82) is 0 Å². The predicted molar refractivity (Wildman–Crippen MR) is 143 cm³/mol. The van der Waals surface area contributed by atoms with Gasteiger partial charge in [-0.15, -0.1) is 0 Å². The quantitative estimate of drug-likeness (QED) is 0.315. The van der Waals surface area contributed by atoms with Crippen molar-refractivity contribution in [2.24, 2.45) is 9.52 Å². The van der Waals surface area contributed by atoms with Crippen LogP contribution in [-0.4, -0.2) is 28.3 Å². The minimum atomic E-state index is -4.83. The van der Waals surface area contributed by atoms with Gasteiger partial charge in [-0.3, -0.25) is 4.79 Å². The average molecular weight is 583 g/mol. The summed E-state index contributed by atoms with van der Waals surface area (Å²) >= 11 is 11.9. The molecule has 1 aliphatic heterocycles. The van der Waals surface area contributed by atoms with Gasteiger partial charge in [0.05, 0.1) is 20.3 Å². The van der Waals surface area contributed by atoms with Crippen LogP contribution in [0.2, 0.25) is 10.0 Å². The fraction of sp³-hybridized carbons (Fsp3) is 0.259. The van der Waals surface area contributed by atoms with Crippen molar-refractivity contribution in [2.75, 3.05) is 6.26 Å². The molecule has 1 aliphatic rings. The van der Waals surface area contributed by atoms with Crippen molar-refractivity contribution < 1.29 is 27.0 Å². The maximum absolute atomic E-state index is 14.3. The number of aryl methyl sites for hydroxylation is 3. The highest BCUT2D eigenvalue weighted by molar-refractivity contribution is 7.93. The van der Waals surface area contributed by atoms with Crippen LogP contribution in [0, 0.1) is 20.8 Å². The smallest absolute Gasteiger partial charge is 0.374 e. The highest BCUT2D eigenvalue weighted by Crippen LogP contribution is 2.49. The van der Waals surface area contributed by atoms with E-state index in [0.29, 0.717) is 16.0 Å². The molecule has 3 aromatic rings. The van der Waals surface area contributed by atoms with E-state index >= 15 is 0 Å². The molecule has 2 unspecified atom stereocenters. The summed E-state index contributed by atoms with van der Waals surface area (Å²) in [4.78, 5) is 18.6. The highest BCUT2D eigenvalue weighted by Gasteiger charge is 2.62. The van der Waals surface area contributed by atoms with Crippen LogP contribution < -0.4 is 0 Å². The van der Waals surface area contributed by atoms with E-state index in [0.717, 1.165) is 23.3 Å². The third-order valence-corrected chi connectivity index (χ3v) is 8.70. The molecular formula is C27H23Cl2F3N2O3S. The Kier molecular flexibility index (Phi) is 7.42. The zero-order valence-corrected chi connectivity index (χ0v) is 23.1. The maximum Gasteiger partial charge on any atom is 0.435 e.